The van der Waals surface area contributed by atoms with Gasteiger partial charge in [0.1, 0.15) is 17.3 Å². The molecule has 0 atom stereocenters. The molecule has 0 spiro atoms. The third-order valence-electron chi connectivity index (χ3n) is 4.11. The van der Waals surface area contributed by atoms with Gasteiger partial charge in [-0.1, -0.05) is 41.9 Å². The molecule has 5 nitrogen and oxygen atoms in total. The lowest BCUT2D eigenvalue weighted by Crippen LogP contribution is -2.27. The summed E-state index contributed by atoms with van der Waals surface area (Å²) in [6, 6.07) is 18.9. The third kappa shape index (κ3) is 5.05. The maximum absolute atomic E-state index is 12.8. The summed E-state index contributed by atoms with van der Waals surface area (Å²) in [7, 11) is 1.74. The SMILES string of the molecule is Cc1nc(NCCc2cccc(Cl)c2)cc(C(=O)N(C)c2ccccc2)n1. The van der Waals surface area contributed by atoms with Gasteiger partial charge in [0.15, 0.2) is 0 Å². The van der Waals surface area contributed by atoms with Gasteiger partial charge in [0.2, 0.25) is 0 Å². The zero-order valence-electron chi connectivity index (χ0n) is 15.3. The van der Waals surface area contributed by atoms with Gasteiger partial charge in [0.05, 0.1) is 0 Å². The number of benzene rings is 2. The maximum Gasteiger partial charge on any atom is 0.276 e. The van der Waals surface area contributed by atoms with E-state index >= 15 is 0 Å². The maximum atomic E-state index is 12.8. The molecule has 6 heteroatoms. The summed E-state index contributed by atoms with van der Waals surface area (Å²) in [6.45, 7) is 2.46. The van der Waals surface area contributed by atoms with Crippen molar-refractivity contribution in [2.24, 2.45) is 0 Å². The molecule has 0 bridgehead atoms. The van der Waals surface area contributed by atoms with E-state index in [1.54, 1.807) is 24.9 Å². The number of rotatable bonds is 6. The molecule has 0 saturated carbocycles. The van der Waals surface area contributed by atoms with Crippen LogP contribution in [0.1, 0.15) is 21.9 Å². The number of para-hydroxylation sites is 1. The molecule has 0 fully saturated rings. The van der Waals surface area contributed by atoms with Gasteiger partial charge in [-0.15, -0.1) is 0 Å². The van der Waals surface area contributed by atoms with Gasteiger partial charge < -0.3 is 10.2 Å². The number of aromatic nitrogens is 2. The van der Waals surface area contributed by atoms with Crippen LogP contribution in [0.15, 0.2) is 60.7 Å². The number of nitrogens with one attached hydrogen (secondary N) is 1. The topological polar surface area (TPSA) is 58.1 Å². The molecular formula is C21H21ClN4O. The van der Waals surface area contributed by atoms with Gasteiger partial charge in [-0.25, -0.2) is 9.97 Å². The lowest BCUT2D eigenvalue weighted by molar-refractivity contribution is 0.0988. The summed E-state index contributed by atoms with van der Waals surface area (Å²) in [5, 5.41) is 3.99. The van der Waals surface area contributed by atoms with Crippen LogP contribution in [0, 0.1) is 6.92 Å². The Labute approximate surface area is 164 Å². The third-order valence-corrected chi connectivity index (χ3v) is 4.35. The molecule has 0 unspecified atom stereocenters. The Morgan fingerprint density at radius 2 is 1.85 bits per heavy atom. The largest absolute Gasteiger partial charge is 0.370 e. The molecule has 1 heterocycles. The first kappa shape index (κ1) is 18.9. The predicted molar refractivity (Wildman–Crippen MR) is 110 cm³/mol. The van der Waals surface area contributed by atoms with Crippen molar-refractivity contribution in [3.8, 4) is 0 Å². The molecule has 1 aromatic heterocycles. The number of halogens is 1. The van der Waals surface area contributed by atoms with E-state index in [1.807, 2.05) is 54.6 Å². The minimum absolute atomic E-state index is 0.176. The van der Waals surface area contributed by atoms with Crippen LogP contribution in [0.4, 0.5) is 11.5 Å². The van der Waals surface area contributed by atoms with Crippen molar-refractivity contribution in [2.45, 2.75) is 13.3 Å². The van der Waals surface area contributed by atoms with Crippen LogP contribution in [0.25, 0.3) is 0 Å². The molecule has 0 radical (unpaired) electrons. The Morgan fingerprint density at radius 3 is 2.59 bits per heavy atom. The minimum Gasteiger partial charge on any atom is -0.370 e. The van der Waals surface area contributed by atoms with Crippen molar-refractivity contribution >= 4 is 29.0 Å². The van der Waals surface area contributed by atoms with E-state index in [-0.39, 0.29) is 5.91 Å². The van der Waals surface area contributed by atoms with Crippen molar-refractivity contribution in [2.75, 3.05) is 23.8 Å². The summed E-state index contributed by atoms with van der Waals surface area (Å²) in [6.07, 6.45) is 0.802. The Morgan fingerprint density at radius 1 is 1.07 bits per heavy atom. The molecule has 0 aliphatic carbocycles. The molecule has 1 N–H and O–H groups in total. The van der Waals surface area contributed by atoms with Gasteiger partial charge in [-0.3, -0.25) is 4.79 Å². The Balaban J connectivity index is 1.69. The van der Waals surface area contributed by atoms with Crippen LogP contribution < -0.4 is 10.2 Å². The number of hydrogen-bond donors (Lipinski definition) is 1. The Hall–Kier alpha value is -2.92. The second-order valence-corrected chi connectivity index (χ2v) is 6.63. The standard InChI is InChI=1S/C21H21ClN4O/c1-15-24-19(21(27)26(2)18-9-4-3-5-10-18)14-20(25-15)23-12-11-16-7-6-8-17(22)13-16/h3-10,13-14H,11-12H2,1-2H3,(H,23,24,25). The number of aryl methyl sites for hydroxylation is 1. The van der Waals surface area contributed by atoms with E-state index in [9.17, 15) is 4.79 Å². The average molecular weight is 381 g/mol. The molecule has 1 amide bonds. The van der Waals surface area contributed by atoms with Gasteiger partial charge in [0.25, 0.3) is 5.91 Å². The van der Waals surface area contributed by atoms with Gasteiger partial charge >= 0.3 is 0 Å². The van der Waals surface area contributed by atoms with Crippen LogP contribution in [-0.2, 0) is 6.42 Å². The summed E-state index contributed by atoms with van der Waals surface area (Å²) in [4.78, 5) is 23.0. The van der Waals surface area contributed by atoms with Gasteiger partial charge in [0, 0.05) is 30.4 Å². The van der Waals surface area contributed by atoms with E-state index < -0.39 is 0 Å². The summed E-state index contributed by atoms with van der Waals surface area (Å²) < 4.78 is 0. The number of amides is 1. The number of hydrogen-bond acceptors (Lipinski definition) is 4. The molecule has 3 rings (SSSR count). The highest BCUT2D eigenvalue weighted by Gasteiger charge is 2.16. The second-order valence-electron chi connectivity index (χ2n) is 6.19. The summed E-state index contributed by atoms with van der Waals surface area (Å²) in [5.74, 6) is 1.01. The smallest absolute Gasteiger partial charge is 0.276 e. The first-order valence-electron chi connectivity index (χ1n) is 8.70. The van der Waals surface area contributed by atoms with Gasteiger partial charge in [-0.05, 0) is 43.2 Å². The van der Waals surface area contributed by atoms with E-state index in [2.05, 4.69) is 15.3 Å². The fourth-order valence-corrected chi connectivity index (χ4v) is 2.95. The van der Waals surface area contributed by atoms with E-state index in [0.717, 1.165) is 22.7 Å². The van der Waals surface area contributed by atoms with Crippen molar-refractivity contribution in [3.05, 3.63) is 82.8 Å². The normalized spacial score (nSPS) is 10.5. The quantitative estimate of drug-likeness (QED) is 0.689. The highest BCUT2D eigenvalue weighted by atomic mass is 35.5. The molecular weight excluding hydrogens is 360 g/mol. The van der Waals surface area contributed by atoms with Gasteiger partial charge in [-0.2, -0.15) is 0 Å². The van der Waals surface area contributed by atoms with Crippen molar-refractivity contribution in [1.82, 2.24) is 9.97 Å². The van der Waals surface area contributed by atoms with Crippen LogP contribution in [-0.4, -0.2) is 29.5 Å². The Kier molecular flexibility index (Phi) is 6.04. The molecule has 0 aliphatic heterocycles. The first-order chi connectivity index (χ1) is 13.0. The number of carbonyl (C=O) groups excluding carboxylic acids is 1. The summed E-state index contributed by atoms with van der Waals surface area (Å²) in [5.41, 5.74) is 2.31. The second kappa shape index (κ2) is 8.64. The van der Waals surface area contributed by atoms with Crippen LogP contribution in [0.2, 0.25) is 5.02 Å². The van der Waals surface area contributed by atoms with E-state index in [4.69, 9.17) is 11.6 Å². The zero-order chi connectivity index (χ0) is 19.2. The first-order valence-corrected chi connectivity index (χ1v) is 9.08. The van der Waals surface area contributed by atoms with Crippen LogP contribution >= 0.6 is 11.6 Å². The van der Waals surface area contributed by atoms with Crippen molar-refractivity contribution in [3.63, 3.8) is 0 Å². The fraction of sp³-hybridized carbons (Fsp3) is 0.190. The predicted octanol–water partition coefficient (Wildman–Crippen LogP) is 4.37. The molecule has 3 aromatic rings. The highest BCUT2D eigenvalue weighted by molar-refractivity contribution is 6.30. The number of nitrogens with zero attached hydrogens (tertiary/aromatic N) is 3. The number of anilines is 2. The Bertz CT molecular complexity index is 930. The van der Waals surface area contributed by atoms with E-state index in [0.29, 0.717) is 23.9 Å². The lowest BCUT2D eigenvalue weighted by atomic mass is 10.1. The van der Waals surface area contributed by atoms with Crippen molar-refractivity contribution < 1.29 is 4.79 Å². The highest BCUT2D eigenvalue weighted by Crippen LogP contribution is 2.16. The molecule has 2 aromatic carbocycles. The molecule has 0 aliphatic rings. The summed E-state index contributed by atoms with van der Waals surface area (Å²) >= 11 is 6.01. The molecule has 27 heavy (non-hydrogen) atoms. The zero-order valence-corrected chi connectivity index (χ0v) is 16.1. The van der Waals surface area contributed by atoms with Crippen LogP contribution in [0.5, 0.6) is 0 Å². The molecule has 138 valence electrons. The average Bonchev–Trinajstić information content (AvgIpc) is 2.67. The number of carbonyl (C=O) groups is 1. The monoisotopic (exact) mass is 380 g/mol. The van der Waals surface area contributed by atoms with Crippen LogP contribution in [0.3, 0.4) is 0 Å². The van der Waals surface area contributed by atoms with Crippen molar-refractivity contribution in [1.29, 1.82) is 0 Å². The van der Waals surface area contributed by atoms with E-state index in [1.165, 1.54) is 0 Å². The fourth-order valence-electron chi connectivity index (χ4n) is 2.74. The lowest BCUT2D eigenvalue weighted by Gasteiger charge is -2.17. The molecule has 0 saturated heterocycles. The minimum atomic E-state index is -0.176.